The monoisotopic (exact) mass is 449 g/mol. The fourth-order valence-corrected chi connectivity index (χ4v) is 4.02. The Kier molecular flexibility index (Phi) is 8.10. The highest BCUT2D eigenvalue weighted by molar-refractivity contribution is 6.31. The van der Waals surface area contributed by atoms with Crippen LogP contribution in [0.1, 0.15) is 17.2 Å². The summed E-state index contributed by atoms with van der Waals surface area (Å²) in [6.07, 6.45) is 0. The molecule has 160 valence electrons. The summed E-state index contributed by atoms with van der Waals surface area (Å²) >= 11 is 12.3. The van der Waals surface area contributed by atoms with Crippen molar-refractivity contribution in [2.24, 2.45) is 0 Å². The third-order valence-corrected chi connectivity index (χ3v) is 5.72. The third kappa shape index (κ3) is 5.95. The number of rotatable bonds is 7. The van der Waals surface area contributed by atoms with E-state index >= 15 is 0 Å². The second-order valence-electron chi connectivity index (χ2n) is 7.17. The minimum atomic E-state index is -0.553. The summed E-state index contributed by atoms with van der Waals surface area (Å²) in [5.41, 5.74) is 1.69. The van der Waals surface area contributed by atoms with Gasteiger partial charge in [-0.1, -0.05) is 53.5 Å². The van der Waals surface area contributed by atoms with Gasteiger partial charge in [0, 0.05) is 42.8 Å². The molecule has 1 N–H and O–H groups in total. The van der Waals surface area contributed by atoms with E-state index in [2.05, 4.69) is 10.2 Å². The summed E-state index contributed by atoms with van der Waals surface area (Å²) < 4.78 is 5.02. The molecule has 1 fully saturated rings. The molecular weight excluding hydrogens is 425 g/mol. The van der Waals surface area contributed by atoms with Crippen LogP contribution in [0.15, 0.2) is 48.5 Å². The molecule has 0 radical (unpaired) electrons. The molecule has 1 unspecified atom stereocenters. The molecule has 1 aliphatic rings. The smallest absolute Gasteiger partial charge is 0.327 e. The summed E-state index contributed by atoms with van der Waals surface area (Å²) in [5.74, 6) is -0.380. The first-order valence-electron chi connectivity index (χ1n) is 9.77. The minimum Gasteiger partial charge on any atom is -0.468 e. The standard InChI is InChI=1S/C22H25Cl2N3O3/c1-30-22(29)21(18-7-2-3-8-19(18)24)27-11-9-26(10-12-27)15-20(28)25-14-16-5-4-6-17(23)13-16/h2-8,13,21H,9-12,14-15H2,1H3,(H,25,28). The van der Waals surface area contributed by atoms with Gasteiger partial charge in [0.25, 0.3) is 0 Å². The highest BCUT2D eigenvalue weighted by Gasteiger charge is 2.32. The molecule has 0 bridgehead atoms. The van der Waals surface area contributed by atoms with Gasteiger partial charge in [0.1, 0.15) is 6.04 Å². The maximum atomic E-state index is 12.5. The first-order valence-corrected chi connectivity index (χ1v) is 10.5. The molecule has 3 rings (SSSR count). The van der Waals surface area contributed by atoms with Gasteiger partial charge >= 0.3 is 5.97 Å². The van der Waals surface area contributed by atoms with Crippen molar-refractivity contribution in [3.05, 3.63) is 69.7 Å². The summed E-state index contributed by atoms with van der Waals surface area (Å²) in [5, 5.41) is 4.11. The van der Waals surface area contributed by atoms with Crippen molar-refractivity contribution in [2.75, 3.05) is 39.8 Å². The minimum absolute atomic E-state index is 0.0425. The lowest BCUT2D eigenvalue weighted by atomic mass is 10.0. The Labute approximate surface area is 186 Å². The number of carbonyl (C=O) groups is 2. The highest BCUT2D eigenvalue weighted by atomic mass is 35.5. The quantitative estimate of drug-likeness (QED) is 0.657. The lowest BCUT2D eigenvalue weighted by Gasteiger charge is -2.38. The van der Waals surface area contributed by atoms with E-state index in [0.717, 1.165) is 11.1 Å². The third-order valence-electron chi connectivity index (χ3n) is 5.14. The predicted octanol–water partition coefficient (Wildman–Crippen LogP) is 3.14. The van der Waals surface area contributed by atoms with E-state index in [9.17, 15) is 9.59 Å². The van der Waals surface area contributed by atoms with Crippen LogP contribution in [-0.2, 0) is 20.9 Å². The van der Waals surface area contributed by atoms with Gasteiger partial charge < -0.3 is 10.1 Å². The summed E-state index contributed by atoms with van der Waals surface area (Å²) in [6, 6.07) is 14.2. The van der Waals surface area contributed by atoms with Crippen LogP contribution in [0.4, 0.5) is 0 Å². The van der Waals surface area contributed by atoms with Gasteiger partial charge in [-0.2, -0.15) is 0 Å². The van der Waals surface area contributed by atoms with Gasteiger partial charge in [-0.3, -0.25) is 14.6 Å². The van der Waals surface area contributed by atoms with Gasteiger partial charge in [0.2, 0.25) is 5.91 Å². The van der Waals surface area contributed by atoms with Crippen molar-refractivity contribution in [2.45, 2.75) is 12.6 Å². The van der Waals surface area contributed by atoms with Crippen molar-refractivity contribution in [1.82, 2.24) is 15.1 Å². The maximum Gasteiger partial charge on any atom is 0.327 e. The second kappa shape index (κ2) is 10.8. The SMILES string of the molecule is COC(=O)C(c1ccccc1Cl)N1CCN(CC(=O)NCc2cccc(Cl)c2)CC1. The number of amides is 1. The van der Waals surface area contributed by atoms with E-state index in [1.807, 2.05) is 41.3 Å². The average molecular weight is 450 g/mol. The topological polar surface area (TPSA) is 61.9 Å². The van der Waals surface area contributed by atoms with Gasteiger partial charge in [0.15, 0.2) is 0 Å². The van der Waals surface area contributed by atoms with Gasteiger partial charge in [-0.15, -0.1) is 0 Å². The zero-order valence-corrected chi connectivity index (χ0v) is 18.3. The lowest BCUT2D eigenvalue weighted by molar-refractivity contribution is -0.148. The van der Waals surface area contributed by atoms with Crippen LogP contribution in [0.25, 0.3) is 0 Å². The van der Waals surface area contributed by atoms with Gasteiger partial charge in [-0.25, -0.2) is 4.79 Å². The Morgan fingerprint density at radius 3 is 2.47 bits per heavy atom. The second-order valence-corrected chi connectivity index (χ2v) is 8.01. The van der Waals surface area contributed by atoms with E-state index in [4.69, 9.17) is 27.9 Å². The van der Waals surface area contributed by atoms with Gasteiger partial charge in [0.05, 0.1) is 13.7 Å². The summed E-state index contributed by atoms with van der Waals surface area (Å²) in [6.45, 7) is 3.35. The van der Waals surface area contributed by atoms with Crippen molar-refractivity contribution >= 4 is 35.1 Å². The number of ether oxygens (including phenoxy) is 1. The Bertz CT molecular complexity index is 885. The van der Waals surface area contributed by atoms with Crippen LogP contribution in [0.2, 0.25) is 10.0 Å². The Hall–Kier alpha value is -2.12. The molecule has 2 aromatic carbocycles. The van der Waals surface area contributed by atoms with Gasteiger partial charge in [-0.05, 0) is 29.3 Å². The number of benzene rings is 2. The van der Waals surface area contributed by atoms with E-state index in [1.54, 1.807) is 12.1 Å². The predicted molar refractivity (Wildman–Crippen MR) is 118 cm³/mol. The molecule has 30 heavy (non-hydrogen) atoms. The number of carbonyl (C=O) groups excluding carboxylic acids is 2. The van der Waals surface area contributed by atoms with Crippen LogP contribution in [0, 0.1) is 0 Å². The van der Waals surface area contributed by atoms with Crippen LogP contribution in [0.3, 0.4) is 0 Å². The lowest BCUT2D eigenvalue weighted by Crippen LogP contribution is -2.51. The maximum absolute atomic E-state index is 12.5. The van der Waals surface area contributed by atoms with Crippen LogP contribution < -0.4 is 5.32 Å². The normalized spacial score (nSPS) is 16.1. The van der Waals surface area contributed by atoms with Crippen molar-refractivity contribution in [1.29, 1.82) is 0 Å². The average Bonchev–Trinajstić information content (AvgIpc) is 2.75. The van der Waals surface area contributed by atoms with Crippen LogP contribution in [-0.4, -0.2) is 61.5 Å². The molecule has 1 atom stereocenters. The van der Waals surface area contributed by atoms with E-state index in [1.165, 1.54) is 7.11 Å². The largest absolute Gasteiger partial charge is 0.468 e. The van der Waals surface area contributed by atoms with Crippen LogP contribution in [0.5, 0.6) is 0 Å². The number of hydrogen-bond acceptors (Lipinski definition) is 5. The molecule has 0 aliphatic carbocycles. The molecular formula is C22H25Cl2N3O3. The zero-order valence-electron chi connectivity index (χ0n) is 16.8. The highest BCUT2D eigenvalue weighted by Crippen LogP contribution is 2.29. The molecule has 6 nitrogen and oxygen atoms in total. The fraction of sp³-hybridized carbons (Fsp3) is 0.364. The number of piperazine rings is 1. The van der Waals surface area contributed by atoms with E-state index < -0.39 is 6.04 Å². The number of nitrogens with zero attached hydrogens (tertiary/aromatic N) is 2. The molecule has 0 spiro atoms. The van der Waals surface area contributed by atoms with Crippen molar-refractivity contribution < 1.29 is 14.3 Å². The number of nitrogens with one attached hydrogen (secondary N) is 1. The Balaban J connectivity index is 1.53. The molecule has 1 amide bonds. The van der Waals surface area contributed by atoms with E-state index in [0.29, 0.717) is 49.3 Å². The summed E-state index contributed by atoms with van der Waals surface area (Å²) in [7, 11) is 1.38. The molecule has 1 heterocycles. The van der Waals surface area contributed by atoms with Crippen LogP contribution >= 0.6 is 23.2 Å². The Morgan fingerprint density at radius 2 is 1.80 bits per heavy atom. The number of halogens is 2. The number of esters is 1. The molecule has 2 aromatic rings. The molecule has 1 aliphatic heterocycles. The first kappa shape index (κ1) is 22.6. The van der Waals surface area contributed by atoms with Crippen molar-refractivity contribution in [3.8, 4) is 0 Å². The summed E-state index contributed by atoms with van der Waals surface area (Å²) in [4.78, 5) is 28.9. The molecule has 0 saturated carbocycles. The molecule has 0 aromatic heterocycles. The first-order chi connectivity index (χ1) is 14.5. The van der Waals surface area contributed by atoms with Crippen molar-refractivity contribution in [3.63, 3.8) is 0 Å². The fourth-order valence-electron chi connectivity index (χ4n) is 3.57. The van der Waals surface area contributed by atoms with E-state index in [-0.39, 0.29) is 11.9 Å². The zero-order chi connectivity index (χ0) is 21.5. The Morgan fingerprint density at radius 1 is 1.07 bits per heavy atom. The molecule has 1 saturated heterocycles. The number of methoxy groups -OCH3 is 1. The molecule has 8 heteroatoms. The number of hydrogen-bond donors (Lipinski definition) is 1.